The smallest absolute Gasteiger partial charge is 0.201 e. The van der Waals surface area contributed by atoms with Crippen molar-refractivity contribution in [1.82, 2.24) is 0 Å². The second kappa shape index (κ2) is 10.1. The van der Waals surface area contributed by atoms with Crippen LogP contribution in [0.15, 0.2) is 43.0 Å². The number of halogens is 3. The summed E-state index contributed by atoms with van der Waals surface area (Å²) in [5.41, 5.74) is 1.03. The van der Waals surface area contributed by atoms with Gasteiger partial charge in [-0.2, -0.15) is 4.39 Å². The average Bonchev–Trinajstić information content (AvgIpc) is 2.80. The molecule has 0 N–H and O–H groups in total. The van der Waals surface area contributed by atoms with E-state index in [1.165, 1.54) is 24.3 Å². The Balaban J connectivity index is 1.49. The molecule has 0 aliphatic heterocycles. The van der Waals surface area contributed by atoms with E-state index in [2.05, 4.69) is 6.58 Å². The van der Waals surface area contributed by atoms with Crippen LogP contribution in [0.25, 0.3) is 11.1 Å². The number of benzene rings is 2. The van der Waals surface area contributed by atoms with Crippen LogP contribution in [0, 0.1) is 29.3 Å². The SMILES string of the molecule is C=CCOc1ccc(-c2ccc(C3CCC4CC(OCC)CCC4C3)c(F)c2)c(F)c1F. The summed E-state index contributed by atoms with van der Waals surface area (Å²) >= 11 is 0. The molecule has 0 spiro atoms. The van der Waals surface area contributed by atoms with Crippen LogP contribution in [-0.2, 0) is 4.74 Å². The summed E-state index contributed by atoms with van der Waals surface area (Å²) < 4.78 is 55.0. The quantitative estimate of drug-likeness (QED) is 0.414. The zero-order valence-corrected chi connectivity index (χ0v) is 18.6. The first kappa shape index (κ1) is 22.9. The van der Waals surface area contributed by atoms with Crippen molar-refractivity contribution in [1.29, 1.82) is 0 Å². The van der Waals surface area contributed by atoms with E-state index in [-0.39, 0.29) is 29.7 Å². The van der Waals surface area contributed by atoms with Crippen LogP contribution < -0.4 is 4.74 Å². The van der Waals surface area contributed by atoms with Gasteiger partial charge in [0.25, 0.3) is 0 Å². The van der Waals surface area contributed by atoms with Crippen LogP contribution >= 0.6 is 0 Å². The summed E-state index contributed by atoms with van der Waals surface area (Å²) in [5.74, 6) is -1.19. The highest BCUT2D eigenvalue weighted by atomic mass is 19.2. The van der Waals surface area contributed by atoms with E-state index in [1.54, 1.807) is 12.1 Å². The third-order valence-corrected chi connectivity index (χ3v) is 7.12. The number of hydrogen-bond donors (Lipinski definition) is 0. The summed E-state index contributed by atoms with van der Waals surface area (Å²) in [6.45, 7) is 6.38. The van der Waals surface area contributed by atoms with Gasteiger partial charge in [0.15, 0.2) is 11.6 Å². The Labute approximate surface area is 188 Å². The number of rotatable bonds is 7. The maximum absolute atomic E-state index is 15.1. The van der Waals surface area contributed by atoms with Gasteiger partial charge >= 0.3 is 0 Å². The maximum atomic E-state index is 15.1. The molecule has 2 nitrogen and oxygen atoms in total. The van der Waals surface area contributed by atoms with E-state index in [0.29, 0.717) is 29.1 Å². The molecule has 5 heteroatoms. The van der Waals surface area contributed by atoms with Crippen molar-refractivity contribution in [2.75, 3.05) is 13.2 Å². The summed E-state index contributed by atoms with van der Waals surface area (Å²) in [6.07, 6.45) is 8.19. The molecule has 2 aromatic carbocycles. The standard InChI is InChI=1S/C27H31F3O2/c1-3-13-32-25-12-11-23(26(29)27(25)30)20-8-10-22(24(28)16-20)19-6-5-18-15-21(31-4-2)9-7-17(18)14-19/h3,8,10-12,16-19,21H,1,4-7,9,13-15H2,2H3. The molecule has 2 saturated carbocycles. The highest BCUT2D eigenvalue weighted by Gasteiger charge is 2.37. The Morgan fingerprint density at radius 2 is 1.75 bits per heavy atom. The van der Waals surface area contributed by atoms with Crippen molar-refractivity contribution < 1.29 is 22.6 Å². The van der Waals surface area contributed by atoms with Gasteiger partial charge in [-0.25, -0.2) is 8.78 Å². The summed E-state index contributed by atoms with van der Waals surface area (Å²) in [5, 5.41) is 0. The van der Waals surface area contributed by atoms with Crippen LogP contribution in [0.2, 0.25) is 0 Å². The molecule has 172 valence electrons. The molecule has 2 aromatic rings. The van der Waals surface area contributed by atoms with Crippen molar-refractivity contribution in [2.45, 2.75) is 57.5 Å². The minimum atomic E-state index is -1.07. The zero-order chi connectivity index (χ0) is 22.7. The molecule has 0 heterocycles. The first-order chi connectivity index (χ1) is 15.5. The van der Waals surface area contributed by atoms with E-state index in [9.17, 15) is 8.78 Å². The van der Waals surface area contributed by atoms with Crippen LogP contribution in [0.4, 0.5) is 13.2 Å². The Morgan fingerprint density at radius 3 is 2.50 bits per heavy atom. The van der Waals surface area contributed by atoms with E-state index >= 15 is 4.39 Å². The van der Waals surface area contributed by atoms with Crippen LogP contribution in [0.5, 0.6) is 5.75 Å². The van der Waals surface area contributed by atoms with Crippen molar-refractivity contribution >= 4 is 0 Å². The molecule has 4 unspecified atom stereocenters. The van der Waals surface area contributed by atoms with Crippen molar-refractivity contribution in [2.24, 2.45) is 11.8 Å². The van der Waals surface area contributed by atoms with Gasteiger partial charge in [-0.15, -0.1) is 0 Å². The molecule has 0 radical (unpaired) electrons. The third kappa shape index (κ3) is 4.73. The second-order valence-electron chi connectivity index (χ2n) is 9.00. The predicted molar refractivity (Wildman–Crippen MR) is 120 cm³/mol. The molecule has 32 heavy (non-hydrogen) atoms. The third-order valence-electron chi connectivity index (χ3n) is 7.12. The van der Waals surface area contributed by atoms with Gasteiger partial charge in [0, 0.05) is 12.2 Å². The molecule has 2 fully saturated rings. The largest absolute Gasteiger partial charge is 0.486 e. The van der Waals surface area contributed by atoms with Gasteiger partial charge in [-0.05, 0) is 92.5 Å². The van der Waals surface area contributed by atoms with Gasteiger partial charge in [-0.3, -0.25) is 0 Å². The first-order valence-electron chi connectivity index (χ1n) is 11.6. The topological polar surface area (TPSA) is 18.5 Å². The van der Waals surface area contributed by atoms with E-state index in [0.717, 1.165) is 45.1 Å². The normalized spacial score (nSPS) is 25.2. The lowest BCUT2D eigenvalue weighted by Crippen LogP contribution is -2.33. The summed E-state index contributed by atoms with van der Waals surface area (Å²) in [4.78, 5) is 0. The molecular formula is C27H31F3O2. The Bertz CT molecular complexity index is 958. The van der Waals surface area contributed by atoms with Crippen LogP contribution in [0.1, 0.15) is 56.9 Å². The highest BCUT2D eigenvalue weighted by molar-refractivity contribution is 5.66. The van der Waals surface area contributed by atoms with Crippen molar-refractivity contribution in [3.8, 4) is 16.9 Å². The molecule has 2 aliphatic rings. The monoisotopic (exact) mass is 444 g/mol. The van der Waals surface area contributed by atoms with Crippen LogP contribution in [-0.4, -0.2) is 19.3 Å². The fraction of sp³-hybridized carbons (Fsp3) is 0.481. The van der Waals surface area contributed by atoms with Gasteiger partial charge in [-0.1, -0.05) is 24.8 Å². The molecular weight excluding hydrogens is 413 g/mol. The van der Waals surface area contributed by atoms with Crippen molar-refractivity contribution in [3.05, 3.63) is 66.0 Å². The minimum absolute atomic E-state index is 0.0249. The van der Waals surface area contributed by atoms with E-state index in [1.807, 2.05) is 6.92 Å². The first-order valence-corrected chi connectivity index (χ1v) is 11.6. The average molecular weight is 445 g/mol. The minimum Gasteiger partial charge on any atom is -0.486 e. The number of fused-ring (bicyclic) bond motifs is 1. The molecule has 2 aliphatic carbocycles. The van der Waals surface area contributed by atoms with Gasteiger partial charge < -0.3 is 9.47 Å². The zero-order valence-electron chi connectivity index (χ0n) is 18.6. The van der Waals surface area contributed by atoms with Crippen molar-refractivity contribution in [3.63, 3.8) is 0 Å². The van der Waals surface area contributed by atoms with Crippen LogP contribution in [0.3, 0.4) is 0 Å². The Morgan fingerprint density at radius 1 is 0.969 bits per heavy atom. The van der Waals surface area contributed by atoms with E-state index in [4.69, 9.17) is 9.47 Å². The fourth-order valence-electron chi connectivity index (χ4n) is 5.56. The predicted octanol–water partition coefficient (Wildman–Crippen LogP) is 7.42. The van der Waals surface area contributed by atoms with E-state index < -0.39 is 11.6 Å². The number of ether oxygens (including phenoxy) is 2. The Kier molecular flexibility index (Phi) is 7.24. The molecule has 0 amide bonds. The molecule has 0 saturated heterocycles. The molecule has 4 rings (SSSR count). The lowest BCUT2D eigenvalue weighted by atomic mass is 9.65. The summed E-state index contributed by atoms with van der Waals surface area (Å²) in [6, 6.07) is 7.56. The lowest BCUT2D eigenvalue weighted by molar-refractivity contribution is -0.00968. The fourth-order valence-corrected chi connectivity index (χ4v) is 5.56. The summed E-state index contributed by atoms with van der Waals surface area (Å²) in [7, 11) is 0. The Hall–Kier alpha value is -2.27. The van der Waals surface area contributed by atoms with Gasteiger partial charge in [0.05, 0.1) is 6.10 Å². The molecule has 0 aromatic heterocycles. The molecule has 4 atom stereocenters. The van der Waals surface area contributed by atoms with Gasteiger partial charge in [0.2, 0.25) is 5.82 Å². The number of hydrogen-bond acceptors (Lipinski definition) is 2. The maximum Gasteiger partial charge on any atom is 0.201 e. The highest BCUT2D eigenvalue weighted by Crippen LogP contribution is 2.47. The molecule has 0 bridgehead atoms. The lowest BCUT2D eigenvalue weighted by Gasteiger charge is -2.42. The second-order valence-corrected chi connectivity index (χ2v) is 9.00. The van der Waals surface area contributed by atoms with Gasteiger partial charge in [0.1, 0.15) is 12.4 Å².